The Morgan fingerprint density at radius 2 is 1.60 bits per heavy atom. The van der Waals surface area contributed by atoms with E-state index < -0.39 is 0 Å². The van der Waals surface area contributed by atoms with Crippen molar-refractivity contribution in [3.63, 3.8) is 0 Å². The van der Waals surface area contributed by atoms with Crippen molar-refractivity contribution < 1.29 is 9.18 Å². The molecule has 0 radical (unpaired) electrons. The van der Waals surface area contributed by atoms with Crippen molar-refractivity contribution in [2.24, 2.45) is 0 Å². The summed E-state index contributed by atoms with van der Waals surface area (Å²) in [5.41, 5.74) is 2.47. The van der Waals surface area contributed by atoms with E-state index in [4.69, 9.17) is 0 Å². The Kier molecular flexibility index (Phi) is 2.93. The quantitative estimate of drug-likeness (QED) is 0.795. The number of hydrogen-bond donors (Lipinski definition) is 0. The number of rotatable bonds is 1. The smallest absolute Gasteiger partial charge is 0.257 e. The second kappa shape index (κ2) is 4.63. The van der Waals surface area contributed by atoms with Crippen molar-refractivity contribution in [3.8, 4) is 0 Å². The summed E-state index contributed by atoms with van der Waals surface area (Å²) in [7, 11) is 3.71. The Morgan fingerprint density at radius 3 is 2.30 bits per heavy atom. The van der Waals surface area contributed by atoms with Crippen LogP contribution in [0.1, 0.15) is 22.1 Å². The summed E-state index contributed by atoms with van der Waals surface area (Å²) >= 11 is 0. The molecule has 4 heteroatoms. The van der Waals surface area contributed by atoms with Crippen molar-refractivity contribution in [2.45, 2.75) is 6.17 Å². The number of nitrogens with zero attached hydrogens (tertiary/aromatic N) is 2. The van der Waals surface area contributed by atoms with Gasteiger partial charge in [0.15, 0.2) is 0 Å². The first-order valence-electron chi connectivity index (χ1n) is 6.44. The molecule has 0 saturated carbocycles. The van der Waals surface area contributed by atoms with Gasteiger partial charge in [0.05, 0.1) is 11.3 Å². The molecule has 2 aromatic carbocycles. The van der Waals surface area contributed by atoms with Gasteiger partial charge in [-0.3, -0.25) is 4.79 Å². The Labute approximate surface area is 117 Å². The third kappa shape index (κ3) is 1.84. The first-order valence-corrected chi connectivity index (χ1v) is 6.44. The van der Waals surface area contributed by atoms with E-state index in [9.17, 15) is 9.18 Å². The van der Waals surface area contributed by atoms with E-state index in [1.165, 1.54) is 12.1 Å². The van der Waals surface area contributed by atoms with E-state index in [-0.39, 0.29) is 17.9 Å². The van der Waals surface area contributed by atoms with Crippen molar-refractivity contribution in [1.29, 1.82) is 0 Å². The Balaban J connectivity index is 2.09. The summed E-state index contributed by atoms with van der Waals surface area (Å²) in [5, 5.41) is 0. The lowest BCUT2D eigenvalue weighted by molar-refractivity contribution is 0.0711. The lowest BCUT2D eigenvalue weighted by atomic mass is 10.0. The minimum atomic E-state index is -0.276. The van der Waals surface area contributed by atoms with Crippen LogP contribution in [-0.4, -0.2) is 24.9 Å². The van der Waals surface area contributed by atoms with Crippen molar-refractivity contribution in [2.75, 3.05) is 19.0 Å². The van der Waals surface area contributed by atoms with Crippen LogP contribution in [0, 0.1) is 5.82 Å². The molecule has 0 fully saturated rings. The van der Waals surface area contributed by atoms with Crippen LogP contribution in [0.2, 0.25) is 0 Å². The minimum Gasteiger partial charge on any atom is -0.350 e. The Morgan fingerprint density at radius 1 is 0.950 bits per heavy atom. The van der Waals surface area contributed by atoms with Crippen molar-refractivity contribution >= 4 is 11.6 Å². The predicted molar refractivity (Wildman–Crippen MR) is 76.1 cm³/mol. The predicted octanol–water partition coefficient (Wildman–Crippen LogP) is 3.05. The number of carbonyl (C=O) groups excluding carboxylic acids is 1. The van der Waals surface area contributed by atoms with Crippen LogP contribution in [0.15, 0.2) is 48.5 Å². The summed E-state index contributed by atoms with van der Waals surface area (Å²) in [4.78, 5) is 16.1. The molecule has 1 aliphatic rings. The summed E-state index contributed by atoms with van der Waals surface area (Å²) in [5.74, 6) is -0.297. The number of carbonyl (C=O) groups is 1. The molecule has 1 amide bonds. The zero-order chi connectivity index (χ0) is 14.3. The summed E-state index contributed by atoms with van der Waals surface area (Å²) in [6.45, 7) is 0. The van der Waals surface area contributed by atoms with Crippen LogP contribution < -0.4 is 4.90 Å². The number of para-hydroxylation sites is 1. The number of hydrogen-bond acceptors (Lipinski definition) is 2. The largest absolute Gasteiger partial charge is 0.350 e. The molecule has 102 valence electrons. The molecule has 0 bridgehead atoms. The van der Waals surface area contributed by atoms with Crippen LogP contribution in [0.25, 0.3) is 0 Å². The summed E-state index contributed by atoms with van der Waals surface area (Å²) in [6.07, 6.45) is -0.224. The first kappa shape index (κ1) is 12.7. The molecule has 1 heterocycles. The number of halogens is 1. The van der Waals surface area contributed by atoms with Gasteiger partial charge in [0.25, 0.3) is 5.91 Å². The third-order valence-corrected chi connectivity index (χ3v) is 3.74. The molecular weight excluding hydrogens is 255 g/mol. The molecule has 0 spiro atoms. The van der Waals surface area contributed by atoms with Gasteiger partial charge < -0.3 is 9.80 Å². The van der Waals surface area contributed by atoms with E-state index in [2.05, 4.69) is 0 Å². The highest BCUT2D eigenvalue weighted by atomic mass is 19.1. The Hall–Kier alpha value is -2.36. The topological polar surface area (TPSA) is 23.6 Å². The highest BCUT2D eigenvalue weighted by Gasteiger charge is 2.34. The standard InChI is InChI=1S/C16H15FN2O/c1-18-14-6-4-3-5-13(14)16(20)19(2)15(18)11-7-9-12(17)10-8-11/h3-10,15H,1-2H3/t15-/m0/s1. The molecule has 20 heavy (non-hydrogen) atoms. The fourth-order valence-electron chi connectivity index (χ4n) is 2.74. The van der Waals surface area contributed by atoms with Gasteiger partial charge in [0.2, 0.25) is 0 Å². The number of amides is 1. The summed E-state index contributed by atoms with van der Waals surface area (Å²) in [6, 6.07) is 13.8. The minimum absolute atomic E-state index is 0.0203. The number of benzene rings is 2. The van der Waals surface area contributed by atoms with Crippen LogP contribution in [0.5, 0.6) is 0 Å². The second-order valence-electron chi connectivity index (χ2n) is 4.97. The lowest BCUT2D eigenvalue weighted by Gasteiger charge is -2.42. The molecular formula is C16H15FN2O. The Bertz CT molecular complexity index is 654. The monoisotopic (exact) mass is 270 g/mol. The van der Waals surface area contributed by atoms with E-state index >= 15 is 0 Å². The molecule has 1 atom stereocenters. The lowest BCUT2D eigenvalue weighted by Crippen LogP contribution is -2.45. The van der Waals surface area contributed by atoms with Gasteiger partial charge in [-0.05, 0) is 29.8 Å². The number of fused-ring (bicyclic) bond motifs is 1. The van der Waals surface area contributed by atoms with Crippen molar-refractivity contribution in [3.05, 3.63) is 65.5 Å². The zero-order valence-corrected chi connectivity index (χ0v) is 11.4. The van der Waals surface area contributed by atoms with Gasteiger partial charge in [0.1, 0.15) is 12.0 Å². The van der Waals surface area contributed by atoms with E-state index in [0.717, 1.165) is 11.3 Å². The van der Waals surface area contributed by atoms with Crippen molar-refractivity contribution in [1.82, 2.24) is 4.90 Å². The van der Waals surface area contributed by atoms with Gasteiger partial charge in [-0.1, -0.05) is 24.3 Å². The third-order valence-electron chi connectivity index (χ3n) is 3.74. The molecule has 0 saturated heterocycles. The van der Waals surface area contributed by atoms with E-state index in [0.29, 0.717) is 5.56 Å². The molecule has 0 N–H and O–H groups in total. The maximum absolute atomic E-state index is 13.1. The van der Waals surface area contributed by atoms with Gasteiger partial charge in [0, 0.05) is 14.1 Å². The average Bonchev–Trinajstić information content (AvgIpc) is 2.47. The van der Waals surface area contributed by atoms with Crippen LogP contribution >= 0.6 is 0 Å². The molecule has 1 aliphatic heterocycles. The van der Waals surface area contributed by atoms with E-state index in [1.807, 2.05) is 36.2 Å². The zero-order valence-electron chi connectivity index (χ0n) is 11.4. The summed E-state index contributed by atoms with van der Waals surface area (Å²) < 4.78 is 13.1. The highest BCUT2D eigenvalue weighted by molar-refractivity contribution is 6.01. The maximum Gasteiger partial charge on any atom is 0.257 e. The molecule has 0 unspecified atom stereocenters. The maximum atomic E-state index is 13.1. The first-order chi connectivity index (χ1) is 9.59. The van der Waals surface area contributed by atoms with Crippen LogP contribution in [-0.2, 0) is 0 Å². The van der Waals surface area contributed by atoms with E-state index in [1.54, 1.807) is 24.1 Å². The molecule has 2 aromatic rings. The second-order valence-corrected chi connectivity index (χ2v) is 4.97. The normalized spacial score (nSPS) is 18.1. The van der Waals surface area contributed by atoms with Gasteiger partial charge in [-0.2, -0.15) is 0 Å². The molecule has 0 aliphatic carbocycles. The fourth-order valence-corrected chi connectivity index (χ4v) is 2.74. The average molecular weight is 270 g/mol. The fraction of sp³-hybridized carbons (Fsp3) is 0.188. The van der Waals surface area contributed by atoms with Crippen LogP contribution in [0.4, 0.5) is 10.1 Å². The molecule has 3 nitrogen and oxygen atoms in total. The highest BCUT2D eigenvalue weighted by Crippen LogP contribution is 2.36. The molecule has 3 rings (SSSR count). The molecule has 0 aromatic heterocycles. The van der Waals surface area contributed by atoms with Gasteiger partial charge in [-0.15, -0.1) is 0 Å². The number of anilines is 1. The SMILES string of the molecule is CN1C(=O)c2ccccc2N(C)[C@@H]1c1ccc(F)cc1. The van der Waals surface area contributed by atoms with Gasteiger partial charge in [-0.25, -0.2) is 4.39 Å². The van der Waals surface area contributed by atoms with Crippen LogP contribution in [0.3, 0.4) is 0 Å². The van der Waals surface area contributed by atoms with Gasteiger partial charge >= 0.3 is 0 Å².